The Bertz CT molecular complexity index is 651. The molecule has 1 aromatic carbocycles. The van der Waals surface area contributed by atoms with Crippen LogP contribution in [0.2, 0.25) is 0 Å². The number of ether oxygens (including phenoxy) is 1. The number of halogens is 1. The lowest BCUT2D eigenvalue weighted by Crippen LogP contribution is -2.30. The summed E-state index contributed by atoms with van der Waals surface area (Å²) in [5.74, 6) is -0.193. The van der Waals surface area contributed by atoms with E-state index in [9.17, 15) is 4.79 Å². The van der Waals surface area contributed by atoms with Gasteiger partial charge in [0.1, 0.15) is 0 Å². The lowest BCUT2D eigenvalue weighted by molar-refractivity contribution is -0.154. The van der Waals surface area contributed by atoms with Crippen LogP contribution in [0.5, 0.6) is 0 Å². The zero-order chi connectivity index (χ0) is 15.6. The number of carbonyl (C=O) groups is 1. The molecule has 0 fully saturated rings. The number of rotatable bonds is 5. The molecule has 1 atom stereocenters. The first-order valence-corrected chi connectivity index (χ1v) is 8.62. The summed E-state index contributed by atoms with van der Waals surface area (Å²) in [6.07, 6.45) is 0.560. The third kappa shape index (κ3) is 3.47. The molecule has 0 aliphatic heterocycles. The smallest absolute Gasteiger partial charge is 0.311 e. The van der Waals surface area contributed by atoms with Gasteiger partial charge in [0.25, 0.3) is 0 Å². The molecule has 5 heteroatoms. The number of carbonyl (C=O) groups excluding carboxylic acids is 1. The van der Waals surface area contributed by atoms with Crippen LogP contribution in [0.25, 0.3) is 10.1 Å². The van der Waals surface area contributed by atoms with Crippen molar-refractivity contribution in [2.24, 2.45) is 11.1 Å². The molecule has 0 aliphatic rings. The third-order valence-electron chi connectivity index (χ3n) is 3.54. The van der Waals surface area contributed by atoms with Gasteiger partial charge < -0.3 is 10.5 Å². The number of nitrogens with two attached hydrogens (primary N) is 1. The Morgan fingerprint density at radius 2 is 2.19 bits per heavy atom. The number of esters is 1. The molecular formula is C16H20BrNO2S. The van der Waals surface area contributed by atoms with E-state index in [0.717, 1.165) is 15.4 Å². The SMILES string of the molecule is CCOC(=O)C(C)(C)CC(N)c1csc2c(Br)cccc12. The van der Waals surface area contributed by atoms with E-state index in [0.29, 0.717) is 13.0 Å². The number of hydrogen-bond acceptors (Lipinski definition) is 4. The number of thiophene rings is 1. The van der Waals surface area contributed by atoms with E-state index in [2.05, 4.69) is 27.4 Å². The van der Waals surface area contributed by atoms with E-state index in [4.69, 9.17) is 10.5 Å². The molecule has 0 saturated carbocycles. The van der Waals surface area contributed by atoms with Gasteiger partial charge >= 0.3 is 5.97 Å². The monoisotopic (exact) mass is 369 g/mol. The molecular weight excluding hydrogens is 350 g/mol. The van der Waals surface area contributed by atoms with Gasteiger partial charge in [0, 0.05) is 15.2 Å². The largest absolute Gasteiger partial charge is 0.466 e. The minimum atomic E-state index is -0.588. The molecule has 1 heterocycles. The molecule has 114 valence electrons. The van der Waals surface area contributed by atoms with Crippen molar-refractivity contribution in [3.63, 3.8) is 0 Å². The average Bonchev–Trinajstić information content (AvgIpc) is 2.84. The molecule has 0 saturated heterocycles. The first kappa shape index (κ1) is 16.5. The molecule has 0 radical (unpaired) electrons. The van der Waals surface area contributed by atoms with Gasteiger partial charge in [-0.2, -0.15) is 0 Å². The number of benzene rings is 1. The molecule has 21 heavy (non-hydrogen) atoms. The van der Waals surface area contributed by atoms with Gasteiger partial charge in [-0.25, -0.2) is 0 Å². The van der Waals surface area contributed by atoms with Crippen molar-refractivity contribution < 1.29 is 9.53 Å². The van der Waals surface area contributed by atoms with Crippen LogP contribution in [0.15, 0.2) is 28.1 Å². The highest BCUT2D eigenvalue weighted by Crippen LogP contribution is 2.38. The van der Waals surface area contributed by atoms with Crippen molar-refractivity contribution in [1.29, 1.82) is 0 Å². The fourth-order valence-corrected chi connectivity index (χ4v) is 4.09. The second-order valence-corrected chi connectivity index (χ2v) is 7.46. The van der Waals surface area contributed by atoms with Gasteiger partial charge in [0.05, 0.1) is 12.0 Å². The molecule has 0 aliphatic carbocycles. The lowest BCUT2D eigenvalue weighted by atomic mass is 9.84. The molecule has 2 aromatic rings. The Hall–Kier alpha value is -0.910. The summed E-state index contributed by atoms with van der Waals surface area (Å²) < 4.78 is 7.40. The average molecular weight is 370 g/mol. The zero-order valence-corrected chi connectivity index (χ0v) is 14.9. The Kier molecular flexibility index (Phi) is 5.07. The normalized spacial score (nSPS) is 13.4. The highest BCUT2D eigenvalue weighted by molar-refractivity contribution is 9.10. The third-order valence-corrected chi connectivity index (χ3v) is 5.51. The van der Waals surface area contributed by atoms with E-state index >= 15 is 0 Å². The van der Waals surface area contributed by atoms with Crippen LogP contribution < -0.4 is 5.73 Å². The van der Waals surface area contributed by atoms with Crippen LogP contribution in [-0.2, 0) is 9.53 Å². The second-order valence-electron chi connectivity index (χ2n) is 5.72. The van der Waals surface area contributed by atoms with E-state index in [1.807, 2.05) is 32.9 Å². The minimum Gasteiger partial charge on any atom is -0.466 e. The Labute approximate surface area is 137 Å². The summed E-state index contributed by atoms with van der Waals surface area (Å²) in [4.78, 5) is 12.0. The maximum absolute atomic E-state index is 12.0. The second kappa shape index (κ2) is 6.46. The fraction of sp³-hybridized carbons (Fsp3) is 0.438. The summed E-state index contributed by atoms with van der Waals surface area (Å²) in [7, 11) is 0. The molecule has 0 spiro atoms. The van der Waals surface area contributed by atoms with Crippen molar-refractivity contribution in [3.05, 3.63) is 33.6 Å². The molecule has 1 unspecified atom stereocenters. The van der Waals surface area contributed by atoms with E-state index < -0.39 is 5.41 Å². The Morgan fingerprint density at radius 1 is 1.48 bits per heavy atom. The molecule has 1 aromatic heterocycles. The van der Waals surface area contributed by atoms with Crippen LogP contribution in [0.1, 0.15) is 38.8 Å². The predicted molar refractivity (Wildman–Crippen MR) is 91.5 cm³/mol. The Morgan fingerprint density at radius 3 is 2.86 bits per heavy atom. The molecule has 0 bridgehead atoms. The maximum atomic E-state index is 12.0. The molecule has 3 nitrogen and oxygen atoms in total. The minimum absolute atomic E-state index is 0.188. The van der Waals surface area contributed by atoms with Gasteiger partial charge in [-0.15, -0.1) is 11.3 Å². The quantitative estimate of drug-likeness (QED) is 0.780. The fourth-order valence-electron chi connectivity index (χ4n) is 2.40. The van der Waals surface area contributed by atoms with E-state index in [-0.39, 0.29) is 12.0 Å². The van der Waals surface area contributed by atoms with Crippen molar-refractivity contribution >= 4 is 43.3 Å². The molecule has 0 amide bonds. The van der Waals surface area contributed by atoms with Gasteiger partial charge in [0.2, 0.25) is 0 Å². The predicted octanol–water partition coefficient (Wildman–Crippen LogP) is 4.64. The summed E-state index contributed by atoms with van der Waals surface area (Å²) >= 11 is 5.23. The summed E-state index contributed by atoms with van der Waals surface area (Å²) in [6, 6.07) is 5.92. The maximum Gasteiger partial charge on any atom is 0.311 e. The highest BCUT2D eigenvalue weighted by Gasteiger charge is 2.32. The van der Waals surface area contributed by atoms with Crippen molar-refractivity contribution in [3.8, 4) is 0 Å². The van der Waals surface area contributed by atoms with Gasteiger partial charge in [0.15, 0.2) is 0 Å². The molecule has 2 N–H and O–H groups in total. The van der Waals surface area contributed by atoms with Gasteiger partial charge in [-0.1, -0.05) is 12.1 Å². The topological polar surface area (TPSA) is 52.3 Å². The van der Waals surface area contributed by atoms with Crippen molar-refractivity contribution in [1.82, 2.24) is 0 Å². The van der Waals surface area contributed by atoms with Crippen LogP contribution in [0.4, 0.5) is 0 Å². The summed E-state index contributed by atoms with van der Waals surface area (Å²) in [5.41, 5.74) is 6.86. The van der Waals surface area contributed by atoms with E-state index in [1.165, 1.54) is 4.70 Å². The van der Waals surface area contributed by atoms with Crippen LogP contribution in [0, 0.1) is 5.41 Å². The highest BCUT2D eigenvalue weighted by atomic mass is 79.9. The van der Waals surface area contributed by atoms with Crippen LogP contribution in [-0.4, -0.2) is 12.6 Å². The van der Waals surface area contributed by atoms with Crippen LogP contribution >= 0.6 is 27.3 Å². The van der Waals surface area contributed by atoms with Crippen LogP contribution in [0.3, 0.4) is 0 Å². The zero-order valence-electron chi connectivity index (χ0n) is 12.5. The Balaban J connectivity index is 2.25. The molecule has 2 rings (SSSR count). The summed E-state index contributed by atoms with van der Waals surface area (Å²) in [5, 5.41) is 3.24. The van der Waals surface area contributed by atoms with Crippen molar-refractivity contribution in [2.75, 3.05) is 6.61 Å². The summed E-state index contributed by atoms with van der Waals surface area (Å²) in [6.45, 7) is 5.98. The first-order valence-electron chi connectivity index (χ1n) is 6.95. The van der Waals surface area contributed by atoms with Gasteiger partial charge in [-0.05, 0) is 65.5 Å². The number of fused-ring (bicyclic) bond motifs is 1. The standard InChI is InChI=1S/C16H20BrNO2S/c1-4-20-15(19)16(2,3)8-13(18)11-9-21-14-10(11)6-5-7-12(14)17/h5-7,9,13H,4,8,18H2,1-3H3. The van der Waals surface area contributed by atoms with Gasteiger partial charge in [-0.3, -0.25) is 4.79 Å². The van der Waals surface area contributed by atoms with Crippen molar-refractivity contribution in [2.45, 2.75) is 33.2 Å². The first-order chi connectivity index (χ1) is 9.86. The number of hydrogen-bond donors (Lipinski definition) is 1. The van der Waals surface area contributed by atoms with E-state index in [1.54, 1.807) is 11.3 Å². The lowest BCUT2D eigenvalue weighted by Gasteiger charge is -2.25.